The molecule has 1 fully saturated rings. The summed E-state index contributed by atoms with van der Waals surface area (Å²) in [6.45, 7) is 0.849. The van der Waals surface area contributed by atoms with Crippen LogP contribution in [0.2, 0.25) is 0 Å². The SMILES string of the molecule is CNCCC(Oc1ccc(C(F)(F)F)cc1)C1CC1.Cl. The van der Waals surface area contributed by atoms with Gasteiger partial charge in [0.25, 0.3) is 0 Å². The molecule has 0 spiro atoms. The normalized spacial score (nSPS) is 16.4. The van der Waals surface area contributed by atoms with Crippen molar-refractivity contribution in [1.29, 1.82) is 0 Å². The van der Waals surface area contributed by atoms with Crippen LogP contribution in [0.5, 0.6) is 5.75 Å². The second-order valence-corrected chi connectivity index (χ2v) is 4.91. The quantitative estimate of drug-likeness (QED) is 0.860. The van der Waals surface area contributed by atoms with E-state index in [4.69, 9.17) is 4.74 Å². The number of ether oxygens (including phenoxy) is 1. The Balaban J connectivity index is 0.00000200. The average molecular weight is 310 g/mol. The zero-order valence-corrected chi connectivity index (χ0v) is 12.1. The van der Waals surface area contributed by atoms with Gasteiger partial charge in [0, 0.05) is 0 Å². The minimum absolute atomic E-state index is 0. The molecule has 0 bridgehead atoms. The number of alkyl halides is 3. The van der Waals surface area contributed by atoms with Gasteiger partial charge < -0.3 is 10.1 Å². The summed E-state index contributed by atoms with van der Waals surface area (Å²) in [6.07, 6.45) is -1.02. The Labute approximate surface area is 123 Å². The first kappa shape index (κ1) is 17.1. The summed E-state index contributed by atoms with van der Waals surface area (Å²) in [7, 11) is 1.88. The standard InChI is InChI=1S/C14H18F3NO.ClH/c1-18-9-8-13(10-2-3-10)19-12-6-4-11(5-7-12)14(15,16)17;/h4-7,10,13,18H,2-3,8-9H2,1H3;1H. The van der Waals surface area contributed by atoms with Gasteiger partial charge in [-0.1, -0.05) is 0 Å². The molecule has 0 saturated heterocycles. The third-order valence-electron chi connectivity index (χ3n) is 3.30. The molecule has 0 aromatic heterocycles. The molecule has 2 nitrogen and oxygen atoms in total. The van der Waals surface area contributed by atoms with Gasteiger partial charge in [0.05, 0.1) is 5.56 Å². The lowest BCUT2D eigenvalue weighted by Crippen LogP contribution is -2.24. The van der Waals surface area contributed by atoms with Crippen molar-refractivity contribution in [2.75, 3.05) is 13.6 Å². The molecule has 1 aromatic rings. The van der Waals surface area contributed by atoms with Crippen LogP contribution in [-0.2, 0) is 6.18 Å². The molecule has 1 saturated carbocycles. The van der Waals surface area contributed by atoms with Crippen LogP contribution in [0.3, 0.4) is 0 Å². The summed E-state index contributed by atoms with van der Waals surface area (Å²) in [6, 6.07) is 4.93. The molecule has 0 radical (unpaired) electrons. The molecular weight excluding hydrogens is 291 g/mol. The van der Waals surface area contributed by atoms with Crippen molar-refractivity contribution in [2.45, 2.75) is 31.5 Å². The number of benzene rings is 1. The maximum absolute atomic E-state index is 12.4. The van der Waals surface area contributed by atoms with Crippen LogP contribution in [0.25, 0.3) is 0 Å². The van der Waals surface area contributed by atoms with Crippen LogP contribution in [0.1, 0.15) is 24.8 Å². The van der Waals surface area contributed by atoms with Crippen molar-refractivity contribution in [3.8, 4) is 5.75 Å². The lowest BCUT2D eigenvalue weighted by atomic mass is 10.1. The summed E-state index contributed by atoms with van der Waals surface area (Å²) in [5.41, 5.74) is -0.641. The fourth-order valence-electron chi connectivity index (χ4n) is 2.04. The summed E-state index contributed by atoms with van der Waals surface area (Å²) >= 11 is 0. The summed E-state index contributed by atoms with van der Waals surface area (Å²) in [4.78, 5) is 0. The molecule has 0 heterocycles. The Hall–Kier alpha value is -0.940. The van der Waals surface area contributed by atoms with Crippen LogP contribution in [0.15, 0.2) is 24.3 Å². The van der Waals surface area contributed by atoms with E-state index >= 15 is 0 Å². The average Bonchev–Trinajstić information content (AvgIpc) is 3.18. The smallest absolute Gasteiger partial charge is 0.416 e. The largest absolute Gasteiger partial charge is 0.490 e. The van der Waals surface area contributed by atoms with Crippen molar-refractivity contribution in [1.82, 2.24) is 5.32 Å². The van der Waals surface area contributed by atoms with Crippen LogP contribution < -0.4 is 10.1 Å². The maximum Gasteiger partial charge on any atom is 0.416 e. The van der Waals surface area contributed by atoms with Crippen LogP contribution in [0, 0.1) is 5.92 Å². The van der Waals surface area contributed by atoms with Crippen LogP contribution in [0.4, 0.5) is 13.2 Å². The Kier molecular flexibility index (Phi) is 6.14. The van der Waals surface area contributed by atoms with E-state index in [1.165, 1.54) is 12.1 Å². The van der Waals surface area contributed by atoms with Crippen molar-refractivity contribution in [2.24, 2.45) is 5.92 Å². The molecule has 0 amide bonds. The van der Waals surface area contributed by atoms with Gasteiger partial charge in [0.2, 0.25) is 0 Å². The number of rotatable bonds is 6. The van der Waals surface area contributed by atoms with E-state index in [2.05, 4.69) is 5.32 Å². The van der Waals surface area contributed by atoms with Crippen LogP contribution >= 0.6 is 12.4 Å². The first-order chi connectivity index (χ1) is 9.00. The molecule has 6 heteroatoms. The third kappa shape index (κ3) is 4.87. The minimum atomic E-state index is -4.29. The first-order valence-electron chi connectivity index (χ1n) is 6.49. The predicted molar refractivity (Wildman–Crippen MR) is 74.4 cm³/mol. The third-order valence-corrected chi connectivity index (χ3v) is 3.30. The molecule has 20 heavy (non-hydrogen) atoms. The highest BCUT2D eigenvalue weighted by Gasteiger charge is 2.33. The van der Waals surface area contributed by atoms with Gasteiger partial charge in [-0.25, -0.2) is 0 Å². The van der Waals surface area contributed by atoms with Gasteiger partial charge in [-0.2, -0.15) is 13.2 Å². The van der Waals surface area contributed by atoms with Crippen molar-refractivity contribution >= 4 is 12.4 Å². The van der Waals surface area contributed by atoms with E-state index in [1.807, 2.05) is 7.05 Å². The monoisotopic (exact) mass is 309 g/mol. The van der Waals surface area contributed by atoms with E-state index in [0.717, 1.165) is 37.9 Å². The van der Waals surface area contributed by atoms with Gasteiger partial charge in [-0.3, -0.25) is 0 Å². The summed E-state index contributed by atoms with van der Waals surface area (Å²) in [5, 5.41) is 3.07. The predicted octanol–water partition coefficient (Wildman–Crippen LogP) is 3.89. The van der Waals surface area contributed by atoms with Gasteiger partial charge in [-0.05, 0) is 63.0 Å². The van der Waals surface area contributed by atoms with Gasteiger partial charge in [-0.15, -0.1) is 12.4 Å². The lowest BCUT2D eigenvalue weighted by molar-refractivity contribution is -0.137. The maximum atomic E-state index is 12.4. The molecule has 1 aliphatic rings. The van der Waals surface area contributed by atoms with Gasteiger partial charge in [0.1, 0.15) is 11.9 Å². The Morgan fingerprint density at radius 3 is 2.30 bits per heavy atom. The zero-order chi connectivity index (χ0) is 13.9. The second-order valence-electron chi connectivity index (χ2n) is 4.91. The summed E-state index contributed by atoms with van der Waals surface area (Å²) in [5.74, 6) is 1.07. The van der Waals surface area contributed by atoms with Gasteiger partial charge in [0.15, 0.2) is 0 Å². The first-order valence-corrected chi connectivity index (χ1v) is 6.49. The fourth-order valence-corrected chi connectivity index (χ4v) is 2.04. The second kappa shape index (κ2) is 7.18. The number of hydrogen-bond acceptors (Lipinski definition) is 2. The Morgan fingerprint density at radius 2 is 1.85 bits per heavy atom. The molecule has 0 aliphatic heterocycles. The molecule has 1 aliphatic carbocycles. The summed E-state index contributed by atoms with van der Waals surface area (Å²) < 4.78 is 43.1. The molecule has 2 rings (SSSR count). The van der Waals surface area contributed by atoms with Crippen molar-refractivity contribution in [3.05, 3.63) is 29.8 Å². The number of hydrogen-bond donors (Lipinski definition) is 1. The molecule has 1 N–H and O–H groups in total. The highest BCUT2D eigenvalue weighted by atomic mass is 35.5. The molecule has 1 aromatic carbocycles. The Morgan fingerprint density at radius 1 is 1.25 bits per heavy atom. The van der Waals surface area contributed by atoms with E-state index in [1.54, 1.807) is 0 Å². The fraction of sp³-hybridized carbons (Fsp3) is 0.571. The van der Waals surface area contributed by atoms with Crippen molar-refractivity contribution in [3.63, 3.8) is 0 Å². The van der Waals surface area contributed by atoms with Gasteiger partial charge >= 0.3 is 6.18 Å². The van der Waals surface area contributed by atoms with Crippen LogP contribution in [-0.4, -0.2) is 19.7 Å². The van der Waals surface area contributed by atoms with Crippen molar-refractivity contribution < 1.29 is 17.9 Å². The zero-order valence-electron chi connectivity index (χ0n) is 11.2. The molecule has 1 atom stereocenters. The molecule has 114 valence electrons. The highest BCUT2D eigenvalue weighted by molar-refractivity contribution is 5.85. The van der Waals surface area contributed by atoms with E-state index in [0.29, 0.717) is 11.7 Å². The number of halogens is 4. The lowest BCUT2D eigenvalue weighted by Gasteiger charge is -2.19. The van der Waals surface area contributed by atoms with E-state index in [9.17, 15) is 13.2 Å². The molecular formula is C14H19ClF3NO. The number of nitrogens with one attached hydrogen (secondary N) is 1. The Bertz CT molecular complexity index is 404. The molecule has 1 unspecified atom stereocenters. The topological polar surface area (TPSA) is 21.3 Å². The van der Waals surface area contributed by atoms with E-state index < -0.39 is 11.7 Å². The van der Waals surface area contributed by atoms with E-state index in [-0.39, 0.29) is 18.5 Å². The minimum Gasteiger partial charge on any atom is -0.490 e. The highest BCUT2D eigenvalue weighted by Crippen LogP contribution is 2.37.